The summed E-state index contributed by atoms with van der Waals surface area (Å²) in [6.07, 6.45) is 2.89. The van der Waals surface area contributed by atoms with Gasteiger partial charge in [-0.15, -0.1) is 0 Å². The van der Waals surface area contributed by atoms with Crippen molar-refractivity contribution in [3.05, 3.63) is 40.5 Å². The van der Waals surface area contributed by atoms with E-state index in [0.29, 0.717) is 32.4 Å². The van der Waals surface area contributed by atoms with E-state index < -0.39 is 17.6 Å². The van der Waals surface area contributed by atoms with Crippen molar-refractivity contribution >= 4 is 11.6 Å². The predicted molar refractivity (Wildman–Crippen MR) is 191 cm³/mol. The maximum atomic E-state index is 14.7. The van der Waals surface area contributed by atoms with Crippen molar-refractivity contribution in [2.45, 2.75) is 143 Å². The molecule has 0 amide bonds. The number of epoxide rings is 1. The van der Waals surface area contributed by atoms with Crippen LogP contribution in [0.1, 0.15) is 118 Å². The highest BCUT2D eigenvalue weighted by Gasteiger charge is 2.71. The highest BCUT2D eigenvalue weighted by molar-refractivity contribution is 6.00. The molecule has 1 saturated heterocycles. The van der Waals surface area contributed by atoms with Gasteiger partial charge in [0.1, 0.15) is 17.6 Å². The van der Waals surface area contributed by atoms with Crippen LogP contribution < -0.4 is 10.6 Å². The standard InChI is InChI=1S/C41H62N2O6/c1-22(13-30(46)36-38(5,6)49-36)33-28-11-12-32-39(7)17-27(25-14-24(21-42-10)15-26(45)16-25)35(48)37(3,4)34(39)29(43-20-23(2)44)18-41(32,9)40(28,8)19-31(33)47/h14-16,22-23,27,29-30,32,34,36,42-46H,11-13,17-21H2,1-10H3/t22-,23+,27-,29+,30-,32-,34+,36-,39+,40+,41+/m1/s1. The molecule has 5 aliphatic rings. The highest BCUT2D eigenvalue weighted by Crippen LogP contribution is 2.74. The fraction of sp³-hybridized carbons (Fsp3) is 0.756. The van der Waals surface area contributed by atoms with E-state index in [1.54, 1.807) is 19.1 Å². The van der Waals surface area contributed by atoms with E-state index in [0.717, 1.165) is 36.0 Å². The molecule has 5 N–H and O–H groups in total. The zero-order valence-corrected chi connectivity index (χ0v) is 31.6. The van der Waals surface area contributed by atoms with E-state index >= 15 is 0 Å². The molecule has 11 atom stereocenters. The zero-order valence-electron chi connectivity index (χ0n) is 31.6. The van der Waals surface area contributed by atoms with E-state index in [1.807, 2.05) is 20.9 Å². The number of carbonyl (C=O) groups is 2. The number of hydrogen-bond donors (Lipinski definition) is 5. The lowest BCUT2D eigenvalue weighted by atomic mass is 9.34. The van der Waals surface area contributed by atoms with Gasteiger partial charge in [-0.3, -0.25) is 9.59 Å². The van der Waals surface area contributed by atoms with Crippen LogP contribution in [0.3, 0.4) is 0 Å². The summed E-state index contributed by atoms with van der Waals surface area (Å²) in [5.74, 6) is 0.448. The Bertz CT molecular complexity index is 1530. The van der Waals surface area contributed by atoms with Gasteiger partial charge in [0.2, 0.25) is 0 Å². The van der Waals surface area contributed by atoms with Gasteiger partial charge in [0.25, 0.3) is 0 Å². The maximum absolute atomic E-state index is 14.7. The second-order valence-corrected chi connectivity index (χ2v) is 18.5. The lowest BCUT2D eigenvalue weighted by molar-refractivity contribution is -0.193. The minimum absolute atomic E-state index is 0.0244. The summed E-state index contributed by atoms with van der Waals surface area (Å²) < 4.78 is 5.76. The smallest absolute Gasteiger partial charge is 0.159 e. The number of rotatable bonds is 10. The summed E-state index contributed by atoms with van der Waals surface area (Å²) in [6.45, 7) is 20.3. The van der Waals surface area contributed by atoms with Crippen molar-refractivity contribution < 1.29 is 29.6 Å². The van der Waals surface area contributed by atoms with Crippen LogP contribution in [0.15, 0.2) is 29.3 Å². The van der Waals surface area contributed by atoms with Crippen molar-refractivity contribution in [3.63, 3.8) is 0 Å². The Morgan fingerprint density at radius 1 is 1.00 bits per heavy atom. The Balaban J connectivity index is 1.42. The van der Waals surface area contributed by atoms with Gasteiger partial charge < -0.3 is 30.7 Å². The van der Waals surface area contributed by atoms with E-state index in [4.69, 9.17) is 4.74 Å². The fourth-order valence-electron chi connectivity index (χ4n) is 12.3. The molecule has 1 aromatic carbocycles. The molecule has 0 bridgehead atoms. The van der Waals surface area contributed by atoms with Gasteiger partial charge in [-0.05, 0) is 117 Å². The summed E-state index contributed by atoms with van der Waals surface area (Å²) in [5.41, 5.74) is 2.16. The molecule has 49 heavy (non-hydrogen) atoms. The summed E-state index contributed by atoms with van der Waals surface area (Å²) in [6, 6.07) is 5.59. The normalized spacial score (nSPS) is 39.6. The molecule has 0 unspecified atom stereocenters. The Hall–Kier alpha value is -2.10. The minimum Gasteiger partial charge on any atom is -0.508 e. The van der Waals surface area contributed by atoms with Crippen molar-refractivity contribution in [1.29, 1.82) is 0 Å². The number of aromatic hydroxyl groups is 1. The quantitative estimate of drug-likeness (QED) is 0.196. The van der Waals surface area contributed by atoms with Crippen LogP contribution in [0, 0.1) is 39.4 Å². The molecule has 1 heterocycles. The molecule has 272 valence electrons. The number of Topliss-reactive ketones (excluding diaryl/α,β-unsaturated/α-hetero) is 2. The highest BCUT2D eigenvalue weighted by atomic mass is 16.6. The first kappa shape index (κ1) is 36.7. The van der Waals surface area contributed by atoms with Gasteiger partial charge in [-0.25, -0.2) is 0 Å². The van der Waals surface area contributed by atoms with Crippen LogP contribution >= 0.6 is 0 Å². The molecule has 0 spiro atoms. The summed E-state index contributed by atoms with van der Waals surface area (Å²) in [4.78, 5) is 28.8. The Morgan fingerprint density at radius 2 is 1.67 bits per heavy atom. The maximum Gasteiger partial charge on any atom is 0.159 e. The van der Waals surface area contributed by atoms with Crippen LogP contribution in [0.2, 0.25) is 0 Å². The molecule has 3 saturated carbocycles. The first-order valence-electron chi connectivity index (χ1n) is 18.8. The average Bonchev–Trinajstić information content (AvgIpc) is 3.53. The number of aliphatic hydroxyl groups excluding tert-OH is 2. The third-order valence-electron chi connectivity index (χ3n) is 14.4. The second-order valence-electron chi connectivity index (χ2n) is 18.5. The number of hydrogen-bond acceptors (Lipinski definition) is 8. The third kappa shape index (κ3) is 5.76. The van der Waals surface area contributed by atoms with Gasteiger partial charge in [-0.1, -0.05) is 53.2 Å². The number of phenols is 1. The summed E-state index contributed by atoms with van der Waals surface area (Å²) >= 11 is 0. The molecule has 0 radical (unpaired) electrons. The van der Waals surface area contributed by atoms with Gasteiger partial charge in [0.05, 0.1) is 17.8 Å². The molecule has 8 heteroatoms. The Kier molecular flexibility index (Phi) is 9.17. The molecule has 4 aliphatic carbocycles. The first-order valence-corrected chi connectivity index (χ1v) is 18.8. The number of aliphatic hydroxyl groups is 2. The number of ether oxygens (including phenoxy) is 1. The molecule has 1 aromatic rings. The Labute approximate surface area is 293 Å². The lowest BCUT2D eigenvalue weighted by Crippen LogP contribution is -2.69. The number of phenolic OH excluding ortho intramolecular Hbond substituents is 1. The minimum atomic E-state index is -0.666. The van der Waals surface area contributed by atoms with E-state index in [-0.39, 0.29) is 75.0 Å². The summed E-state index contributed by atoms with van der Waals surface area (Å²) in [7, 11) is 1.88. The third-order valence-corrected chi connectivity index (χ3v) is 14.4. The number of ketones is 2. The fourth-order valence-corrected chi connectivity index (χ4v) is 12.3. The first-order chi connectivity index (χ1) is 22.7. The van der Waals surface area contributed by atoms with Crippen LogP contribution in [0.25, 0.3) is 0 Å². The largest absolute Gasteiger partial charge is 0.508 e. The topological polar surface area (TPSA) is 131 Å². The molecular formula is C41H62N2O6. The van der Waals surface area contributed by atoms with Crippen molar-refractivity contribution in [3.8, 4) is 5.75 Å². The van der Waals surface area contributed by atoms with Crippen molar-refractivity contribution in [1.82, 2.24) is 10.6 Å². The van der Waals surface area contributed by atoms with E-state index in [1.165, 1.54) is 5.57 Å². The monoisotopic (exact) mass is 678 g/mol. The molecule has 0 aromatic heterocycles. The van der Waals surface area contributed by atoms with Gasteiger partial charge in [0, 0.05) is 42.3 Å². The van der Waals surface area contributed by atoms with E-state index in [9.17, 15) is 24.9 Å². The molecule has 1 aliphatic heterocycles. The van der Waals surface area contributed by atoms with Crippen LogP contribution in [-0.4, -0.2) is 70.4 Å². The van der Waals surface area contributed by atoms with Gasteiger partial charge >= 0.3 is 0 Å². The predicted octanol–water partition coefficient (Wildman–Crippen LogP) is 5.82. The number of benzene rings is 1. The molecular weight excluding hydrogens is 616 g/mol. The van der Waals surface area contributed by atoms with Crippen LogP contribution in [-0.2, 0) is 20.9 Å². The van der Waals surface area contributed by atoms with Crippen LogP contribution in [0.5, 0.6) is 5.75 Å². The average molecular weight is 679 g/mol. The number of carbonyl (C=O) groups excluding carboxylic acids is 2. The lowest BCUT2D eigenvalue weighted by Gasteiger charge is -2.70. The second kappa shape index (κ2) is 12.3. The van der Waals surface area contributed by atoms with Crippen molar-refractivity contribution in [2.24, 2.45) is 39.4 Å². The Morgan fingerprint density at radius 3 is 2.29 bits per heavy atom. The number of nitrogens with one attached hydrogen (secondary N) is 2. The SMILES string of the molecule is CNCc1cc(O)cc([C@H]2C[C@@]3(C)[C@H]4CCC5=C([C@H](C)C[C@@H](O)[C@H]6OC6(C)C)C(=O)C[C@]5(C)[C@@]4(C)C[C@H](NC[C@H](C)O)[C@H]3C(C)(C)C2=O)c1. The zero-order chi connectivity index (χ0) is 36.1. The number of allylic oxidation sites excluding steroid dienone is 2. The molecule has 4 fully saturated rings. The van der Waals surface area contributed by atoms with Gasteiger partial charge in [-0.2, -0.15) is 0 Å². The van der Waals surface area contributed by atoms with Gasteiger partial charge in [0.15, 0.2) is 5.78 Å². The van der Waals surface area contributed by atoms with E-state index in [2.05, 4.69) is 58.2 Å². The van der Waals surface area contributed by atoms with Crippen LogP contribution in [0.4, 0.5) is 0 Å². The van der Waals surface area contributed by atoms with Crippen molar-refractivity contribution in [2.75, 3.05) is 13.6 Å². The molecule has 8 nitrogen and oxygen atoms in total. The summed E-state index contributed by atoms with van der Waals surface area (Å²) in [5, 5.41) is 39.2. The molecule has 6 rings (SSSR count). The number of fused-ring (bicyclic) bond motifs is 5.